The van der Waals surface area contributed by atoms with Gasteiger partial charge in [-0.05, 0) is 25.7 Å². The molecule has 1 atom stereocenters. The average molecular weight is 204 g/mol. The van der Waals surface area contributed by atoms with Crippen LogP contribution in [0.15, 0.2) is 12.2 Å². The van der Waals surface area contributed by atoms with E-state index in [0.29, 0.717) is 11.9 Å². The second-order valence-electron chi connectivity index (χ2n) is 3.91. The van der Waals surface area contributed by atoms with Gasteiger partial charge in [-0.1, -0.05) is 26.0 Å². The van der Waals surface area contributed by atoms with Crippen LogP contribution in [-0.4, -0.2) is 18.5 Å². The van der Waals surface area contributed by atoms with Crippen molar-refractivity contribution in [2.24, 2.45) is 5.92 Å². The summed E-state index contributed by atoms with van der Waals surface area (Å²) in [5, 5.41) is 3.43. The van der Waals surface area contributed by atoms with Crippen molar-refractivity contribution in [2.45, 2.75) is 39.7 Å². The Morgan fingerprint density at radius 2 is 1.85 bits per heavy atom. The largest absolute Gasteiger partial charge is 0.311 e. The van der Waals surface area contributed by atoms with Crippen molar-refractivity contribution in [1.82, 2.24) is 5.32 Å². The molecule has 0 bridgehead atoms. The van der Waals surface area contributed by atoms with Crippen LogP contribution in [0.3, 0.4) is 0 Å². The highest BCUT2D eigenvalue weighted by atomic mass is 35.5. The standard InChI is InChI=1S/C11H22ClN/c1-10(2)6-7-11(3)13-9-5-4-8-12/h4-5,10-11,13H,6-9H2,1-3H3/b5-4+. The van der Waals surface area contributed by atoms with Crippen molar-refractivity contribution in [3.63, 3.8) is 0 Å². The van der Waals surface area contributed by atoms with Crippen molar-refractivity contribution in [3.8, 4) is 0 Å². The van der Waals surface area contributed by atoms with Gasteiger partial charge in [0.1, 0.15) is 0 Å². The summed E-state index contributed by atoms with van der Waals surface area (Å²) in [5.41, 5.74) is 0. The van der Waals surface area contributed by atoms with Crippen LogP contribution in [-0.2, 0) is 0 Å². The lowest BCUT2D eigenvalue weighted by molar-refractivity contribution is 0.465. The van der Waals surface area contributed by atoms with Crippen LogP contribution in [0, 0.1) is 5.92 Å². The van der Waals surface area contributed by atoms with Gasteiger partial charge in [-0.15, -0.1) is 11.6 Å². The van der Waals surface area contributed by atoms with Crippen LogP contribution >= 0.6 is 11.6 Å². The minimum atomic E-state index is 0.613. The van der Waals surface area contributed by atoms with Crippen LogP contribution in [0.5, 0.6) is 0 Å². The Balaban J connectivity index is 3.29. The van der Waals surface area contributed by atoms with E-state index in [2.05, 4.69) is 32.2 Å². The fourth-order valence-electron chi connectivity index (χ4n) is 1.10. The summed E-state index contributed by atoms with van der Waals surface area (Å²) < 4.78 is 0. The molecular weight excluding hydrogens is 182 g/mol. The first-order valence-electron chi connectivity index (χ1n) is 5.11. The fraction of sp³-hybridized carbons (Fsp3) is 0.818. The van der Waals surface area contributed by atoms with E-state index in [-0.39, 0.29) is 0 Å². The first-order valence-corrected chi connectivity index (χ1v) is 5.64. The maximum Gasteiger partial charge on any atom is 0.0404 e. The van der Waals surface area contributed by atoms with E-state index >= 15 is 0 Å². The maximum atomic E-state index is 5.50. The summed E-state index contributed by atoms with van der Waals surface area (Å²) in [6, 6.07) is 0.613. The molecule has 0 aromatic heterocycles. The molecule has 0 aliphatic heterocycles. The molecule has 0 aliphatic rings. The molecule has 78 valence electrons. The molecule has 0 spiro atoms. The Labute approximate surface area is 87.6 Å². The number of hydrogen-bond acceptors (Lipinski definition) is 1. The smallest absolute Gasteiger partial charge is 0.0404 e. The normalized spacial score (nSPS) is 14.2. The average Bonchev–Trinajstić information content (AvgIpc) is 2.09. The van der Waals surface area contributed by atoms with E-state index < -0.39 is 0 Å². The Morgan fingerprint density at radius 1 is 1.15 bits per heavy atom. The van der Waals surface area contributed by atoms with Gasteiger partial charge in [0.25, 0.3) is 0 Å². The van der Waals surface area contributed by atoms with Gasteiger partial charge in [-0.3, -0.25) is 0 Å². The molecule has 0 rings (SSSR count). The molecule has 0 aromatic carbocycles. The van der Waals surface area contributed by atoms with Gasteiger partial charge in [0, 0.05) is 18.5 Å². The van der Waals surface area contributed by atoms with Gasteiger partial charge in [0.15, 0.2) is 0 Å². The molecule has 1 N–H and O–H groups in total. The molecule has 2 heteroatoms. The topological polar surface area (TPSA) is 12.0 Å². The SMILES string of the molecule is CC(C)CCC(C)NC/C=C/CCl. The van der Waals surface area contributed by atoms with Crippen LogP contribution in [0.4, 0.5) is 0 Å². The third-order valence-corrected chi connectivity index (χ3v) is 2.20. The molecule has 0 saturated heterocycles. The molecule has 0 aliphatic carbocycles. The highest BCUT2D eigenvalue weighted by Gasteiger charge is 2.00. The van der Waals surface area contributed by atoms with Gasteiger partial charge in [-0.25, -0.2) is 0 Å². The van der Waals surface area contributed by atoms with E-state index in [4.69, 9.17) is 11.6 Å². The van der Waals surface area contributed by atoms with Gasteiger partial charge in [0.05, 0.1) is 0 Å². The Kier molecular flexibility index (Phi) is 8.58. The zero-order valence-corrected chi connectivity index (χ0v) is 9.77. The lowest BCUT2D eigenvalue weighted by Crippen LogP contribution is -2.26. The molecule has 1 unspecified atom stereocenters. The van der Waals surface area contributed by atoms with E-state index in [1.54, 1.807) is 0 Å². The summed E-state index contributed by atoms with van der Waals surface area (Å²) in [6.45, 7) is 7.70. The summed E-state index contributed by atoms with van der Waals surface area (Å²) in [5.74, 6) is 1.42. The highest BCUT2D eigenvalue weighted by molar-refractivity contribution is 6.18. The van der Waals surface area contributed by atoms with Crippen molar-refractivity contribution in [1.29, 1.82) is 0 Å². The number of alkyl halides is 1. The van der Waals surface area contributed by atoms with E-state index in [1.807, 2.05) is 6.08 Å². The molecule has 0 aromatic rings. The minimum Gasteiger partial charge on any atom is -0.311 e. The summed E-state index contributed by atoms with van der Waals surface area (Å²) in [7, 11) is 0. The molecule has 0 saturated carbocycles. The maximum absolute atomic E-state index is 5.50. The molecular formula is C11H22ClN. The minimum absolute atomic E-state index is 0.613. The zero-order valence-electron chi connectivity index (χ0n) is 9.02. The van der Waals surface area contributed by atoms with Crippen LogP contribution in [0.2, 0.25) is 0 Å². The van der Waals surface area contributed by atoms with Gasteiger partial charge in [0.2, 0.25) is 0 Å². The Morgan fingerprint density at radius 3 is 2.38 bits per heavy atom. The molecule has 0 fully saturated rings. The molecule has 13 heavy (non-hydrogen) atoms. The quantitative estimate of drug-likeness (QED) is 0.495. The summed E-state index contributed by atoms with van der Waals surface area (Å²) in [4.78, 5) is 0. The first-order chi connectivity index (χ1) is 6.16. The third kappa shape index (κ3) is 9.91. The van der Waals surface area contributed by atoms with E-state index in [1.165, 1.54) is 12.8 Å². The van der Waals surface area contributed by atoms with Crippen molar-refractivity contribution < 1.29 is 0 Å². The van der Waals surface area contributed by atoms with Crippen LogP contribution in [0.1, 0.15) is 33.6 Å². The highest BCUT2D eigenvalue weighted by Crippen LogP contribution is 2.05. The first kappa shape index (κ1) is 13.0. The van der Waals surface area contributed by atoms with Gasteiger partial charge >= 0.3 is 0 Å². The Hall–Kier alpha value is -0.0100. The number of hydrogen-bond donors (Lipinski definition) is 1. The predicted molar refractivity (Wildman–Crippen MR) is 61.4 cm³/mol. The molecule has 0 radical (unpaired) electrons. The number of rotatable bonds is 7. The molecule has 0 heterocycles. The van der Waals surface area contributed by atoms with Gasteiger partial charge < -0.3 is 5.32 Å². The number of nitrogens with one attached hydrogen (secondary N) is 1. The fourth-order valence-corrected chi connectivity index (χ4v) is 1.23. The van der Waals surface area contributed by atoms with Crippen molar-refractivity contribution in [2.75, 3.05) is 12.4 Å². The van der Waals surface area contributed by atoms with Crippen LogP contribution in [0.25, 0.3) is 0 Å². The summed E-state index contributed by atoms with van der Waals surface area (Å²) >= 11 is 5.50. The molecule has 1 nitrogen and oxygen atoms in total. The van der Waals surface area contributed by atoms with Crippen molar-refractivity contribution in [3.05, 3.63) is 12.2 Å². The monoisotopic (exact) mass is 203 g/mol. The zero-order chi connectivity index (χ0) is 10.1. The number of halogens is 1. The lowest BCUT2D eigenvalue weighted by atomic mass is 10.0. The van der Waals surface area contributed by atoms with Gasteiger partial charge in [-0.2, -0.15) is 0 Å². The lowest BCUT2D eigenvalue weighted by Gasteiger charge is -2.13. The number of allylic oxidation sites excluding steroid dienone is 1. The predicted octanol–water partition coefficient (Wildman–Crippen LogP) is 3.20. The Bertz CT molecular complexity index is 132. The van der Waals surface area contributed by atoms with E-state index in [9.17, 15) is 0 Å². The second kappa shape index (κ2) is 8.58. The van der Waals surface area contributed by atoms with Crippen LogP contribution < -0.4 is 5.32 Å². The third-order valence-electron chi connectivity index (χ3n) is 2.02. The molecule has 0 amide bonds. The summed E-state index contributed by atoms with van der Waals surface area (Å²) in [6.07, 6.45) is 6.61. The van der Waals surface area contributed by atoms with E-state index in [0.717, 1.165) is 12.5 Å². The van der Waals surface area contributed by atoms with Crippen molar-refractivity contribution >= 4 is 11.6 Å². The second-order valence-corrected chi connectivity index (χ2v) is 4.21.